The van der Waals surface area contributed by atoms with Gasteiger partial charge in [-0.3, -0.25) is 4.79 Å². The van der Waals surface area contributed by atoms with Crippen LogP contribution < -0.4 is 10.4 Å². The first kappa shape index (κ1) is 14.1. The third kappa shape index (κ3) is 2.55. The SMILES string of the molecule is C[C@@H](NC(=O)[C@@H]1[C@H]2CC[C@@H](C2)[C@@H]1C(=O)[O-])c1ccccc1. The molecule has 3 rings (SSSR count). The maximum absolute atomic E-state index is 12.5. The second-order valence-corrected chi connectivity index (χ2v) is 6.34. The predicted octanol–water partition coefficient (Wildman–Crippen LogP) is 1.28. The minimum absolute atomic E-state index is 0.111. The van der Waals surface area contributed by atoms with Gasteiger partial charge in [0.2, 0.25) is 5.91 Å². The van der Waals surface area contributed by atoms with Crippen LogP contribution in [0, 0.1) is 23.7 Å². The number of hydrogen-bond donors (Lipinski definition) is 1. The average Bonchev–Trinajstić information content (AvgIpc) is 3.08. The molecule has 2 saturated carbocycles. The number of amides is 1. The molecular formula is C17H20NO3-. The molecular weight excluding hydrogens is 266 g/mol. The highest BCUT2D eigenvalue weighted by molar-refractivity contribution is 5.85. The van der Waals surface area contributed by atoms with Gasteiger partial charge in [0, 0.05) is 17.8 Å². The largest absolute Gasteiger partial charge is 0.550 e. The number of hydrogen-bond acceptors (Lipinski definition) is 3. The molecule has 1 N–H and O–H groups in total. The van der Waals surface area contributed by atoms with Crippen LogP contribution in [0.25, 0.3) is 0 Å². The van der Waals surface area contributed by atoms with Gasteiger partial charge in [0.15, 0.2) is 0 Å². The van der Waals surface area contributed by atoms with E-state index in [0.29, 0.717) is 0 Å². The molecule has 0 aliphatic heterocycles. The van der Waals surface area contributed by atoms with Gasteiger partial charge in [-0.1, -0.05) is 30.3 Å². The molecule has 0 aromatic heterocycles. The first-order valence-corrected chi connectivity index (χ1v) is 7.64. The van der Waals surface area contributed by atoms with Gasteiger partial charge in [-0.25, -0.2) is 0 Å². The predicted molar refractivity (Wildman–Crippen MR) is 75.8 cm³/mol. The number of fused-ring (bicyclic) bond motifs is 2. The minimum Gasteiger partial charge on any atom is -0.550 e. The van der Waals surface area contributed by atoms with Gasteiger partial charge in [-0.05, 0) is 43.6 Å². The number of carbonyl (C=O) groups is 2. The standard InChI is InChI=1S/C17H21NO3/c1-10(11-5-3-2-4-6-11)18-16(19)14-12-7-8-13(9-12)15(14)17(20)21/h2-6,10,12-15H,7-9H2,1H3,(H,18,19)(H,20,21)/p-1/t10-,12+,13+,14-,15+/m1/s1. The Morgan fingerprint density at radius 3 is 2.38 bits per heavy atom. The maximum atomic E-state index is 12.5. The average molecular weight is 286 g/mol. The Bertz CT molecular complexity index is 542. The van der Waals surface area contributed by atoms with Gasteiger partial charge in [-0.15, -0.1) is 0 Å². The number of aliphatic carboxylic acids is 1. The summed E-state index contributed by atoms with van der Waals surface area (Å²) in [7, 11) is 0. The van der Waals surface area contributed by atoms with Crippen molar-refractivity contribution in [1.82, 2.24) is 5.32 Å². The summed E-state index contributed by atoms with van der Waals surface area (Å²) in [5.74, 6) is -1.88. The van der Waals surface area contributed by atoms with Crippen molar-refractivity contribution in [3.05, 3.63) is 35.9 Å². The zero-order valence-corrected chi connectivity index (χ0v) is 12.1. The summed E-state index contributed by atoms with van der Waals surface area (Å²) in [6.07, 6.45) is 2.74. The van der Waals surface area contributed by atoms with Crippen molar-refractivity contribution in [2.24, 2.45) is 23.7 Å². The third-order valence-electron chi connectivity index (χ3n) is 5.15. The third-order valence-corrected chi connectivity index (χ3v) is 5.15. The van der Waals surface area contributed by atoms with Crippen LogP contribution in [0.15, 0.2) is 30.3 Å². The molecule has 4 heteroatoms. The van der Waals surface area contributed by atoms with E-state index < -0.39 is 17.8 Å². The highest BCUT2D eigenvalue weighted by atomic mass is 16.4. The van der Waals surface area contributed by atoms with Gasteiger partial charge in [0.1, 0.15) is 0 Å². The second kappa shape index (κ2) is 5.51. The van der Waals surface area contributed by atoms with Crippen molar-refractivity contribution in [2.75, 3.05) is 0 Å². The van der Waals surface area contributed by atoms with Crippen molar-refractivity contribution >= 4 is 11.9 Å². The molecule has 2 aliphatic carbocycles. The zero-order chi connectivity index (χ0) is 15.0. The van der Waals surface area contributed by atoms with Crippen LogP contribution in [0.4, 0.5) is 0 Å². The lowest BCUT2D eigenvalue weighted by Crippen LogP contribution is -2.46. The van der Waals surface area contributed by atoms with Crippen molar-refractivity contribution in [3.63, 3.8) is 0 Å². The summed E-state index contributed by atoms with van der Waals surface area (Å²) in [6.45, 7) is 1.93. The lowest BCUT2D eigenvalue weighted by Gasteiger charge is -2.31. The van der Waals surface area contributed by atoms with Gasteiger partial charge in [0.25, 0.3) is 0 Å². The maximum Gasteiger partial charge on any atom is 0.224 e. The number of carboxylic acid groups (broad SMARTS) is 1. The van der Waals surface area contributed by atoms with Gasteiger partial charge in [-0.2, -0.15) is 0 Å². The van der Waals surface area contributed by atoms with Crippen LogP contribution in [0.2, 0.25) is 0 Å². The van der Waals surface area contributed by atoms with E-state index >= 15 is 0 Å². The molecule has 1 amide bonds. The molecule has 2 fully saturated rings. The number of carbonyl (C=O) groups excluding carboxylic acids is 2. The molecule has 2 aliphatic rings. The minimum atomic E-state index is -1.06. The van der Waals surface area contributed by atoms with Crippen molar-refractivity contribution in [1.29, 1.82) is 0 Å². The van der Waals surface area contributed by atoms with Crippen LogP contribution in [0.1, 0.15) is 37.8 Å². The molecule has 112 valence electrons. The molecule has 1 aromatic carbocycles. The molecule has 0 unspecified atom stereocenters. The van der Waals surface area contributed by atoms with E-state index in [1.807, 2.05) is 37.3 Å². The first-order valence-electron chi connectivity index (χ1n) is 7.64. The Morgan fingerprint density at radius 1 is 1.14 bits per heavy atom. The smallest absolute Gasteiger partial charge is 0.224 e. The van der Waals surface area contributed by atoms with Gasteiger partial charge >= 0.3 is 0 Å². The van der Waals surface area contributed by atoms with E-state index in [4.69, 9.17) is 0 Å². The highest BCUT2D eigenvalue weighted by Gasteiger charge is 2.51. The number of carboxylic acids is 1. The lowest BCUT2D eigenvalue weighted by atomic mass is 9.78. The molecule has 0 radical (unpaired) electrons. The Balaban J connectivity index is 1.72. The summed E-state index contributed by atoms with van der Waals surface area (Å²) in [4.78, 5) is 23.9. The van der Waals surface area contributed by atoms with Crippen molar-refractivity contribution < 1.29 is 14.7 Å². The summed E-state index contributed by atoms with van der Waals surface area (Å²) >= 11 is 0. The quantitative estimate of drug-likeness (QED) is 0.906. The topological polar surface area (TPSA) is 69.2 Å². The van der Waals surface area contributed by atoms with Crippen LogP contribution >= 0.6 is 0 Å². The molecule has 2 bridgehead atoms. The summed E-state index contributed by atoms with van der Waals surface area (Å²) in [5, 5.41) is 14.3. The van der Waals surface area contributed by atoms with E-state index in [-0.39, 0.29) is 23.8 Å². The van der Waals surface area contributed by atoms with Crippen LogP contribution in [0.3, 0.4) is 0 Å². The summed E-state index contributed by atoms with van der Waals surface area (Å²) < 4.78 is 0. The number of nitrogens with one attached hydrogen (secondary N) is 1. The zero-order valence-electron chi connectivity index (χ0n) is 12.1. The van der Waals surface area contributed by atoms with E-state index in [1.54, 1.807) is 0 Å². The van der Waals surface area contributed by atoms with Gasteiger partial charge in [0.05, 0.1) is 6.04 Å². The summed E-state index contributed by atoms with van der Waals surface area (Å²) in [6, 6.07) is 9.60. The molecule has 4 nitrogen and oxygen atoms in total. The second-order valence-electron chi connectivity index (χ2n) is 6.34. The molecule has 0 saturated heterocycles. The van der Waals surface area contributed by atoms with Gasteiger partial charge < -0.3 is 15.2 Å². The normalized spacial score (nSPS) is 31.9. The molecule has 21 heavy (non-hydrogen) atoms. The van der Waals surface area contributed by atoms with Crippen LogP contribution in [0.5, 0.6) is 0 Å². The highest BCUT2D eigenvalue weighted by Crippen LogP contribution is 2.52. The van der Waals surface area contributed by atoms with Crippen molar-refractivity contribution in [2.45, 2.75) is 32.2 Å². The van der Waals surface area contributed by atoms with E-state index in [2.05, 4.69) is 5.32 Å². The fourth-order valence-electron chi connectivity index (χ4n) is 4.14. The van der Waals surface area contributed by atoms with Crippen molar-refractivity contribution in [3.8, 4) is 0 Å². The number of benzene rings is 1. The number of rotatable bonds is 4. The first-order chi connectivity index (χ1) is 10.1. The molecule has 5 atom stereocenters. The van der Waals surface area contributed by atoms with Crippen LogP contribution in [-0.2, 0) is 9.59 Å². The fourth-order valence-corrected chi connectivity index (χ4v) is 4.14. The fraction of sp³-hybridized carbons (Fsp3) is 0.529. The molecule has 0 spiro atoms. The molecule has 0 heterocycles. The lowest BCUT2D eigenvalue weighted by molar-refractivity contribution is -0.314. The Hall–Kier alpha value is -1.84. The molecule has 1 aromatic rings. The van der Waals surface area contributed by atoms with E-state index in [9.17, 15) is 14.7 Å². The van der Waals surface area contributed by atoms with E-state index in [0.717, 1.165) is 24.8 Å². The Labute approximate surface area is 124 Å². The Morgan fingerprint density at radius 2 is 1.76 bits per heavy atom. The Kier molecular flexibility index (Phi) is 3.70. The van der Waals surface area contributed by atoms with E-state index in [1.165, 1.54) is 0 Å². The summed E-state index contributed by atoms with van der Waals surface area (Å²) in [5.41, 5.74) is 1.03. The monoisotopic (exact) mass is 286 g/mol. The van der Waals surface area contributed by atoms with Crippen LogP contribution in [-0.4, -0.2) is 11.9 Å².